The molecule has 0 aliphatic heterocycles. The van der Waals surface area contributed by atoms with Gasteiger partial charge in [-0.05, 0) is 0 Å². The summed E-state index contributed by atoms with van der Waals surface area (Å²) in [5.41, 5.74) is 0. The van der Waals surface area contributed by atoms with Crippen LogP contribution in [0.1, 0.15) is 39.5 Å². The van der Waals surface area contributed by atoms with Crippen LogP contribution in [0, 0.1) is 53.8 Å². The molecule has 2 heteroatoms. The van der Waals surface area contributed by atoms with Gasteiger partial charge in [-0.3, -0.25) is 0 Å². The topological polar surface area (TPSA) is 28.5 Å². The molecule has 0 atom stereocenters. The Labute approximate surface area is 98.0 Å². The summed E-state index contributed by atoms with van der Waals surface area (Å²) in [7, 11) is 0. The molecule has 0 heterocycles. The summed E-state index contributed by atoms with van der Waals surface area (Å²) < 4.78 is 0. The standard InChI is InChI=1S/2C4H9.O.Th/c2*1-3-4-2;;/h2*1,3-4H2,2H3;;/q2*-1;-2;+4. The van der Waals surface area contributed by atoms with Crippen LogP contribution in [0.5, 0.6) is 0 Å². The summed E-state index contributed by atoms with van der Waals surface area (Å²) in [6, 6.07) is 0. The Morgan fingerprint density at radius 3 is 1.00 bits per heavy atom. The van der Waals surface area contributed by atoms with Crippen molar-refractivity contribution in [2.45, 2.75) is 39.5 Å². The van der Waals surface area contributed by atoms with E-state index >= 15 is 0 Å². The SMILES string of the molecule is [CH2-]CCC.[CH2-]CCC.[O-2].[Th+4]. The Bertz CT molecular complexity index is 17.2. The van der Waals surface area contributed by atoms with Crippen LogP contribution in [0.25, 0.3) is 0 Å². The molecule has 0 aromatic rings. The summed E-state index contributed by atoms with van der Waals surface area (Å²) >= 11 is 0. The molecule has 0 N–H and O–H groups in total. The Morgan fingerprint density at radius 2 is 1.00 bits per heavy atom. The molecule has 0 spiro atoms. The normalized spacial score (nSPS) is 6.00. The fourth-order valence-corrected chi connectivity index (χ4v) is 0. The molecule has 0 saturated carbocycles. The fraction of sp³-hybridized carbons (Fsp3) is 0.750. The van der Waals surface area contributed by atoms with Crippen LogP contribution in [0.15, 0.2) is 0 Å². The summed E-state index contributed by atoms with van der Waals surface area (Å²) in [4.78, 5) is 0. The third-order valence-corrected chi connectivity index (χ3v) is 0.707. The number of hydrogen-bond donors (Lipinski definition) is 0. The predicted molar refractivity (Wildman–Crippen MR) is 41.2 cm³/mol. The Balaban J connectivity index is -0.0000000300. The molecule has 0 aromatic heterocycles. The van der Waals surface area contributed by atoms with Gasteiger partial charge in [-0.25, -0.2) is 0 Å². The predicted octanol–water partition coefficient (Wildman–Crippen LogP) is 3.12. The summed E-state index contributed by atoms with van der Waals surface area (Å²) in [6.07, 6.45) is 4.56. The second-order valence-electron chi connectivity index (χ2n) is 1.71. The Hall–Kier alpha value is 1.28. The van der Waals surface area contributed by atoms with Gasteiger partial charge < -0.3 is 19.3 Å². The van der Waals surface area contributed by atoms with Crippen LogP contribution in [-0.2, 0) is 5.48 Å². The summed E-state index contributed by atoms with van der Waals surface area (Å²) in [5, 5.41) is 0. The van der Waals surface area contributed by atoms with Gasteiger partial charge in [-0.2, -0.15) is 12.8 Å². The van der Waals surface area contributed by atoms with Crippen molar-refractivity contribution in [2.75, 3.05) is 0 Å². The first kappa shape index (κ1) is 22.5. The van der Waals surface area contributed by atoms with E-state index in [9.17, 15) is 0 Å². The maximum atomic E-state index is 3.60. The molecule has 0 rings (SSSR count). The maximum Gasteiger partial charge on any atom is 4.00 e. The van der Waals surface area contributed by atoms with Crippen molar-refractivity contribution in [3.63, 3.8) is 0 Å². The van der Waals surface area contributed by atoms with Gasteiger partial charge in [0, 0.05) is 0 Å². The first-order chi connectivity index (χ1) is 3.83. The quantitative estimate of drug-likeness (QED) is 0.676. The molecule has 0 amide bonds. The van der Waals surface area contributed by atoms with Gasteiger partial charge in [-0.15, -0.1) is 0 Å². The molecule has 1 nitrogen and oxygen atoms in total. The molecular weight excluding hydrogens is 344 g/mol. The van der Waals surface area contributed by atoms with Crippen molar-refractivity contribution in [3.8, 4) is 0 Å². The van der Waals surface area contributed by atoms with E-state index in [1.165, 1.54) is 12.8 Å². The first-order valence-corrected chi connectivity index (χ1v) is 3.41. The Morgan fingerprint density at radius 1 is 0.900 bits per heavy atom. The minimum atomic E-state index is 0. The second-order valence-corrected chi connectivity index (χ2v) is 1.71. The molecule has 0 bridgehead atoms. The van der Waals surface area contributed by atoms with Gasteiger partial charge in [0.05, 0.1) is 0 Å². The average Bonchev–Trinajstić information content (AvgIpc) is 1.88. The average molecular weight is 362 g/mol. The van der Waals surface area contributed by atoms with Crippen LogP contribution in [0.2, 0.25) is 0 Å². The molecule has 60 valence electrons. The molecule has 0 aliphatic rings. The van der Waals surface area contributed by atoms with E-state index in [0.717, 1.165) is 12.8 Å². The Kier molecular flexibility index (Phi) is 71.4. The number of unbranched alkanes of at least 4 members (excludes halogenated alkanes) is 2. The fourth-order valence-electron chi connectivity index (χ4n) is 0. The molecule has 0 aromatic carbocycles. The van der Waals surface area contributed by atoms with Gasteiger partial charge >= 0.3 is 39.9 Å². The zero-order chi connectivity index (χ0) is 6.83. The smallest absolute Gasteiger partial charge is 2.00 e. The first-order valence-electron chi connectivity index (χ1n) is 3.41. The van der Waals surface area contributed by atoms with Crippen LogP contribution < -0.4 is 0 Å². The van der Waals surface area contributed by atoms with E-state index in [-0.39, 0.29) is 45.4 Å². The van der Waals surface area contributed by atoms with Crippen molar-refractivity contribution in [2.24, 2.45) is 0 Å². The van der Waals surface area contributed by atoms with Crippen LogP contribution in [0.4, 0.5) is 0 Å². The second kappa shape index (κ2) is 31.7. The zero-order valence-electron chi connectivity index (χ0n) is 7.15. The molecule has 0 fully saturated rings. The van der Waals surface area contributed by atoms with E-state index in [1.807, 2.05) is 0 Å². The van der Waals surface area contributed by atoms with Gasteiger partial charge in [0.15, 0.2) is 0 Å². The van der Waals surface area contributed by atoms with E-state index in [2.05, 4.69) is 27.7 Å². The van der Waals surface area contributed by atoms with Crippen molar-refractivity contribution in [3.05, 3.63) is 13.8 Å². The van der Waals surface area contributed by atoms with Gasteiger partial charge in [0.1, 0.15) is 0 Å². The summed E-state index contributed by atoms with van der Waals surface area (Å²) in [5.74, 6) is 0. The van der Waals surface area contributed by atoms with Crippen LogP contribution in [0.3, 0.4) is 0 Å². The molecule has 0 unspecified atom stereocenters. The third-order valence-electron chi connectivity index (χ3n) is 0.707. The minimum Gasteiger partial charge on any atom is -2.00 e. The van der Waals surface area contributed by atoms with Crippen LogP contribution in [-0.4, -0.2) is 0 Å². The monoisotopic (exact) mass is 362 g/mol. The van der Waals surface area contributed by atoms with Crippen molar-refractivity contribution in [1.82, 2.24) is 0 Å². The van der Waals surface area contributed by atoms with Crippen molar-refractivity contribution >= 4 is 0 Å². The molecular formula is C8H18OTh. The molecule has 0 radical (unpaired) electrons. The van der Waals surface area contributed by atoms with Crippen molar-refractivity contribution < 1.29 is 45.4 Å². The van der Waals surface area contributed by atoms with Gasteiger partial charge in [0.25, 0.3) is 0 Å². The van der Waals surface area contributed by atoms with Crippen molar-refractivity contribution in [1.29, 1.82) is 0 Å². The number of hydrogen-bond acceptors (Lipinski definition) is 0. The summed E-state index contributed by atoms with van der Waals surface area (Å²) in [6.45, 7) is 11.4. The maximum absolute atomic E-state index is 3.60. The molecule has 0 saturated heterocycles. The molecule has 0 aliphatic carbocycles. The zero-order valence-corrected chi connectivity index (χ0v) is 11.3. The number of rotatable bonds is 2. The van der Waals surface area contributed by atoms with Gasteiger partial charge in [0.2, 0.25) is 0 Å². The minimum absolute atomic E-state index is 0. The van der Waals surface area contributed by atoms with Crippen LogP contribution >= 0.6 is 0 Å². The van der Waals surface area contributed by atoms with E-state index in [0.29, 0.717) is 0 Å². The van der Waals surface area contributed by atoms with E-state index in [4.69, 9.17) is 0 Å². The van der Waals surface area contributed by atoms with E-state index in [1.54, 1.807) is 0 Å². The van der Waals surface area contributed by atoms with E-state index < -0.39 is 0 Å². The third kappa shape index (κ3) is 59.1. The largest absolute Gasteiger partial charge is 4.00 e. The van der Waals surface area contributed by atoms with Gasteiger partial charge in [-0.1, -0.05) is 26.7 Å². The molecule has 10 heavy (non-hydrogen) atoms.